The first kappa shape index (κ1) is 22.4. The molecule has 162 valence electrons. The van der Waals surface area contributed by atoms with Gasteiger partial charge in [0, 0.05) is 38.4 Å². The topological polar surface area (TPSA) is 46.2 Å². The van der Waals surface area contributed by atoms with Crippen LogP contribution in [0.25, 0.3) is 0 Å². The first-order chi connectivity index (χ1) is 14.4. The number of hydrogen-bond donors (Lipinski definition) is 1. The van der Waals surface area contributed by atoms with Crippen molar-refractivity contribution in [3.8, 4) is 17.2 Å². The molecule has 1 aliphatic heterocycles. The van der Waals surface area contributed by atoms with Crippen LogP contribution in [-0.4, -0.2) is 62.4 Å². The Morgan fingerprint density at radius 2 is 1.67 bits per heavy atom. The highest BCUT2D eigenvalue weighted by molar-refractivity contribution is 7.80. The van der Waals surface area contributed by atoms with Gasteiger partial charge >= 0.3 is 0 Å². The molecule has 0 unspecified atom stereocenters. The lowest BCUT2D eigenvalue weighted by Gasteiger charge is -2.36. The van der Waals surface area contributed by atoms with Crippen molar-refractivity contribution in [2.45, 2.75) is 6.54 Å². The third-order valence-corrected chi connectivity index (χ3v) is 5.61. The fourth-order valence-electron chi connectivity index (χ4n) is 3.37. The number of thiocarbonyl (C=S) groups is 1. The van der Waals surface area contributed by atoms with Crippen molar-refractivity contribution in [2.75, 3.05) is 52.8 Å². The van der Waals surface area contributed by atoms with Gasteiger partial charge in [0.25, 0.3) is 0 Å². The Hall–Kier alpha value is -2.29. The molecule has 30 heavy (non-hydrogen) atoms. The second-order valence-electron chi connectivity index (χ2n) is 6.86. The third-order valence-electron chi connectivity index (χ3n) is 4.96. The molecule has 9 heteroatoms. The largest absolute Gasteiger partial charge is 0.493 e. The molecule has 6 nitrogen and oxygen atoms in total. The monoisotopic (exact) mass is 453 g/mol. The van der Waals surface area contributed by atoms with Crippen LogP contribution in [-0.2, 0) is 6.54 Å². The number of ether oxygens (including phenoxy) is 3. The third kappa shape index (κ3) is 5.24. The SMILES string of the molecule is COc1cc(CN2CCN(C(=S)Nc3ccc(F)c(Cl)c3)CC2)cc(OC)c1OC. The van der Waals surface area contributed by atoms with Crippen molar-refractivity contribution in [3.63, 3.8) is 0 Å². The van der Waals surface area contributed by atoms with E-state index in [0.29, 0.717) is 28.0 Å². The van der Waals surface area contributed by atoms with Crippen LogP contribution in [0.3, 0.4) is 0 Å². The maximum absolute atomic E-state index is 13.3. The molecule has 1 N–H and O–H groups in total. The standard InChI is InChI=1S/C21H25ClFN3O3S/c1-27-18-10-14(11-19(28-2)20(18)29-3)13-25-6-8-26(9-7-25)21(30)24-15-4-5-17(23)16(22)12-15/h4-5,10-12H,6-9,13H2,1-3H3,(H,24,30). The molecule has 0 spiro atoms. The zero-order valence-corrected chi connectivity index (χ0v) is 18.8. The maximum Gasteiger partial charge on any atom is 0.203 e. The van der Waals surface area contributed by atoms with Crippen LogP contribution in [0.2, 0.25) is 5.02 Å². The van der Waals surface area contributed by atoms with Gasteiger partial charge in [0.15, 0.2) is 16.6 Å². The van der Waals surface area contributed by atoms with Crippen LogP contribution in [0.4, 0.5) is 10.1 Å². The first-order valence-electron chi connectivity index (χ1n) is 9.47. The lowest BCUT2D eigenvalue weighted by Crippen LogP contribution is -2.49. The van der Waals surface area contributed by atoms with Crippen molar-refractivity contribution < 1.29 is 18.6 Å². The van der Waals surface area contributed by atoms with E-state index < -0.39 is 5.82 Å². The van der Waals surface area contributed by atoms with Gasteiger partial charge in [0.05, 0.1) is 26.4 Å². The van der Waals surface area contributed by atoms with Gasteiger partial charge in [-0.3, -0.25) is 4.90 Å². The van der Waals surface area contributed by atoms with Crippen LogP contribution in [0.15, 0.2) is 30.3 Å². The maximum atomic E-state index is 13.3. The smallest absolute Gasteiger partial charge is 0.203 e. The van der Waals surface area contributed by atoms with Crippen LogP contribution < -0.4 is 19.5 Å². The van der Waals surface area contributed by atoms with Gasteiger partial charge in [0.1, 0.15) is 5.82 Å². The fourth-order valence-corrected chi connectivity index (χ4v) is 3.85. The molecule has 0 radical (unpaired) electrons. The summed E-state index contributed by atoms with van der Waals surface area (Å²) in [5.74, 6) is 1.43. The summed E-state index contributed by atoms with van der Waals surface area (Å²) in [5, 5.41) is 3.80. The summed E-state index contributed by atoms with van der Waals surface area (Å²) in [6.07, 6.45) is 0. The molecule has 1 fully saturated rings. The lowest BCUT2D eigenvalue weighted by atomic mass is 10.1. The number of benzene rings is 2. The number of rotatable bonds is 6. The summed E-state index contributed by atoms with van der Waals surface area (Å²) in [7, 11) is 4.82. The number of anilines is 1. The van der Waals surface area contributed by atoms with Gasteiger partial charge in [-0.1, -0.05) is 11.6 Å². The van der Waals surface area contributed by atoms with E-state index in [1.165, 1.54) is 12.1 Å². The average Bonchev–Trinajstić information content (AvgIpc) is 2.76. The number of nitrogens with one attached hydrogen (secondary N) is 1. The van der Waals surface area contributed by atoms with Gasteiger partial charge in [-0.2, -0.15) is 0 Å². The Balaban J connectivity index is 1.58. The Kier molecular flexibility index (Phi) is 7.58. The molecular weight excluding hydrogens is 429 g/mol. The van der Waals surface area contributed by atoms with E-state index in [2.05, 4.69) is 15.1 Å². The van der Waals surface area contributed by atoms with E-state index in [0.717, 1.165) is 38.3 Å². The zero-order chi connectivity index (χ0) is 21.7. The van der Waals surface area contributed by atoms with E-state index in [9.17, 15) is 4.39 Å². The van der Waals surface area contributed by atoms with Crippen molar-refractivity contribution in [1.82, 2.24) is 9.80 Å². The lowest BCUT2D eigenvalue weighted by molar-refractivity contribution is 0.176. The predicted molar refractivity (Wildman–Crippen MR) is 121 cm³/mol. The zero-order valence-electron chi connectivity index (χ0n) is 17.2. The number of methoxy groups -OCH3 is 3. The molecule has 1 aliphatic rings. The highest BCUT2D eigenvalue weighted by atomic mass is 35.5. The van der Waals surface area contributed by atoms with Crippen molar-refractivity contribution in [3.05, 3.63) is 46.7 Å². The van der Waals surface area contributed by atoms with Crippen LogP contribution in [0.5, 0.6) is 17.2 Å². The number of halogens is 2. The van der Waals surface area contributed by atoms with Gasteiger partial charge < -0.3 is 24.4 Å². The molecule has 2 aromatic carbocycles. The summed E-state index contributed by atoms with van der Waals surface area (Å²) in [4.78, 5) is 4.44. The van der Waals surface area contributed by atoms with Gasteiger partial charge in [-0.15, -0.1) is 0 Å². The molecule has 0 aliphatic carbocycles. The molecule has 0 atom stereocenters. The Morgan fingerprint density at radius 3 is 2.20 bits per heavy atom. The first-order valence-corrected chi connectivity index (χ1v) is 10.3. The predicted octanol–water partition coefficient (Wildman–Crippen LogP) is 4.02. The highest BCUT2D eigenvalue weighted by Gasteiger charge is 2.21. The highest BCUT2D eigenvalue weighted by Crippen LogP contribution is 2.38. The summed E-state index contributed by atoms with van der Waals surface area (Å²) >= 11 is 11.3. The summed E-state index contributed by atoms with van der Waals surface area (Å²) in [6.45, 7) is 4.03. The van der Waals surface area contributed by atoms with Crippen molar-refractivity contribution in [2.24, 2.45) is 0 Å². The molecule has 0 bridgehead atoms. The van der Waals surface area contributed by atoms with E-state index in [-0.39, 0.29) is 5.02 Å². The van der Waals surface area contributed by atoms with Gasteiger partial charge in [0.2, 0.25) is 5.75 Å². The summed E-state index contributed by atoms with van der Waals surface area (Å²) < 4.78 is 29.6. The molecule has 0 aromatic heterocycles. The molecule has 1 saturated heterocycles. The van der Waals surface area contributed by atoms with E-state index >= 15 is 0 Å². The van der Waals surface area contributed by atoms with Gasteiger partial charge in [-0.25, -0.2) is 4.39 Å². The van der Waals surface area contributed by atoms with Gasteiger partial charge in [-0.05, 0) is 48.1 Å². The van der Waals surface area contributed by atoms with Crippen molar-refractivity contribution in [1.29, 1.82) is 0 Å². The Labute approximate surface area is 186 Å². The van der Waals surface area contributed by atoms with E-state index in [4.69, 9.17) is 38.0 Å². The second-order valence-corrected chi connectivity index (χ2v) is 7.65. The number of nitrogens with zero attached hydrogens (tertiary/aromatic N) is 2. The Bertz CT molecular complexity index is 882. The molecule has 0 saturated carbocycles. The number of hydrogen-bond acceptors (Lipinski definition) is 5. The van der Waals surface area contributed by atoms with E-state index in [1.807, 2.05) is 12.1 Å². The Morgan fingerprint density at radius 1 is 1.03 bits per heavy atom. The second kappa shape index (κ2) is 10.1. The molecule has 1 heterocycles. The van der Waals surface area contributed by atoms with Crippen LogP contribution >= 0.6 is 23.8 Å². The van der Waals surface area contributed by atoms with Crippen molar-refractivity contribution >= 4 is 34.6 Å². The van der Waals surface area contributed by atoms with Crippen LogP contribution in [0.1, 0.15) is 5.56 Å². The fraction of sp³-hybridized carbons (Fsp3) is 0.381. The van der Waals surface area contributed by atoms with Crippen LogP contribution in [0, 0.1) is 5.82 Å². The molecule has 2 aromatic rings. The minimum absolute atomic E-state index is 0.0676. The molecule has 0 amide bonds. The quantitative estimate of drug-likeness (QED) is 0.663. The summed E-state index contributed by atoms with van der Waals surface area (Å²) in [5.41, 5.74) is 1.76. The number of piperazine rings is 1. The molecular formula is C21H25ClFN3O3S. The minimum Gasteiger partial charge on any atom is -0.493 e. The normalized spacial score (nSPS) is 14.4. The average molecular weight is 454 g/mol. The summed E-state index contributed by atoms with van der Waals surface area (Å²) in [6, 6.07) is 8.41. The molecule has 3 rings (SSSR count). The van der Waals surface area contributed by atoms with E-state index in [1.54, 1.807) is 27.4 Å². The minimum atomic E-state index is -0.450.